The van der Waals surface area contributed by atoms with Crippen LogP contribution in [0.1, 0.15) is 29.8 Å². The summed E-state index contributed by atoms with van der Waals surface area (Å²) in [5.41, 5.74) is 1.79. The third kappa shape index (κ3) is 6.51. The molecule has 8 heteroatoms. The molecule has 2 aromatic carbocycles. The molecular formula is C25H32F2N4O2. The Kier molecular flexibility index (Phi) is 8.38. The fourth-order valence-corrected chi connectivity index (χ4v) is 3.96. The molecule has 1 aliphatic rings. The van der Waals surface area contributed by atoms with Crippen LogP contribution in [-0.2, 0) is 4.79 Å². The number of carbonyl (C=O) groups excluding carboxylic acids is 2. The van der Waals surface area contributed by atoms with Gasteiger partial charge in [0.2, 0.25) is 5.91 Å². The third-order valence-electron chi connectivity index (χ3n) is 5.89. The highest BCUT2D eigenvalue weighted by Gasteiger charge is 2.27. The molecular weight excluding hydrogens is 426 g/mol. The molecule has 0 bridgehead atoms. The standard InChI is InChI=1S/C25H32F2N4O2/c1-17(2)23(29-24(32)22-20(26)8-5-9-21(22)27)25(33)28-10-11-30-12-14-31(15-13-30)19-7-4-6-18(3)16-19/h4-9,16-17,23H,10-15H2,1-3H3,(H,28,33)(H,29,32). The Morgan fingerprint density at radius 1 is 1.00 bits per heavy atom. The van der Waals surface area contributed by atoms with Crippen molar-refractivity contribution in [2.75, 3.05) is 44.2 Å². The number of halogens is 2. The first-order chi connectivity index (χ1) is 15.8. The summed E-state index contributed by atoms with van der Waals surface area (Å²) in [5.74, 6) is -3.47. The van der Waals surface area contributed by atoms with Gasteiger partial charge in [0.15, 0.2) is 0 Å². The Bertz CT molecular complexity index is 954. The summed E-state index contributed by atoms with van der Waals surface area (Å²) in [4.78, 5) is 29.7. The van der Waals surface area contributed by atoms with Crippen LogP contribution in [0.5, 0.6) is 0 Å². The number of nitrogens with one attached hydrogen (secondary N) is 2. The van der Waals surface area contributed by atoms with E-state index < -0.39 is 29.1 Å². The molecule has 1 unspecified atom stereocenters. The van der Waals surface area contributed by atoms with E-state index in [1.54, 1.807) is 13.8 Å². The summed E-state index contributed by atoms with van der Waals surface area (Å²) >= 11 is 0. The van der Waals surface area contributed by atoms with Gasteiger partial charge in [0.1, 0.15) is 23.2 Å². The summed E-state index contributed by atoms with van der Waals surface area (Å²) in [6.45, 7) is 10.3. The molecule has 1 fully saturated rings. The third-order valence-corrected chi connectivity index (χ3v) is 5.89. The minimum atomic E-state index is -0.958. The number of hydrogen-bond donors (Lipinski definition) is 2. The number of hydrogen-bond acceptors (Lipinski definition) is 4. The minimum absolute atomic E-state index is 0.248. The molecule has 33 heavy (non-hydrogen) atoms. The van der Waals surface area contributed by atoms with Gasteiger partial charge in [0.05, 0.1) is 0 Å². The van der Waals surface area contributed by atoms with Crippen LogP contribution < -0.4 is 15.5 Å². The van der Waals surface area contributed by atoms with Crippen LogP contribution in [0.3, 0.4) is 0 Å². The summed E-state index contributed by atoms with van der Waals surface area (Å²) in [7, 11) is 0. The summed E-state index contributed by atoms with van der Waals surface area (Å²) in [6, 6.07) is 10.8. The highest BCUT2D eigenvalue weighted by molar-refractivity contribution is 5.98. The molecule has 6 nitrogen and oxygen atoms in total. The van der Waals surface area contributed by atoms with E-state index in [9.17, 15) is 18.4 Å². The van der Waals surface area contributed by atoms with Crippen molar-refractivity contribution in [3.05, 3.63) is 65.2 Å². The number of aryl methyl sites for hydroxylation is 1. The maximum Gasteiger partial charge on any atom is 0.257 e. The molecule has 1 saturated heterocycles. The van der Waals surface area contributed by atoms with Crippen LogP contribution in [-0.4, -0.2) is 62.0 Å². The zero-order valence-electron chi connectivity index (χ0n) is 19.4. The second kappa shape index (κ2) is 11.2. The molecule has 2 N–H and O–H groups in total. The second-order valence-corrected chi connectivity index (χ2v) is 8.75. The van der Waals surface area contributed by atoms with Crippen LogP contribution >= 0.6 is 0 Å². The number of anilines is 1. The van der Waals surface area contributed by atoms with Gasteiger partial charge in [-0.15, -0.1) is 0 Å². The molecule has 0 spiro atoms. The minimum Gasteiger partial charge on any atom is -0.369 e. The Hall–Kier alpha value is -3.00. The highest BCUT2D eigenvalue weighted by Crippen LogP contribution is 2.18. The maximum atomic E-state index is 13.9. The van der Waals surface area contributed by atoms with Crippen LogP contribution in [0.15, 0.2) is 42.5 Å². The zero-order chi connectivity index (χ0) is 24.0. The van der Waals surface area contributed by atoms with Crippen molar-refractivity contribution in [2.24, 2.45) is 5.92 Å². The van der Waals surface area contributed by atoms with Crippen molar-refractivity contribution in [1.29, 1.82) is 0 Å². The van der Waals surface area contributed by atoms with E-state index in [0.717, 1.165) is 38.3 Å². The average molecular weight is 459 g/mol. The molecule has 0 saturated carbocycles. The number of amides is 2. The van der Waals surface area contributed by atoms with Gasteiger partial charge in [-0.3, -0.25) is 14.5 Å². The molecule has 0 aliphatic carbocycles. The quantitative estimate of drug-likeness (QED) is 0.639. The number of nitrogens with zero attached hydrogens (tertiary/aromatic N) is 2. The molecule has 1 aliphatic heterocycles. The van der Waals surface area contributed by atoms with Gasteiger partial charge in [-0.1, -0.05) is 32.0 Å². The predicted octanol–water partition coefficient (Wildman–Crippen LogP) is 2.97. The number of carbonyl (C=O) groups is 2. The first-order valence-electron chi connectivity index (χ1n) is 11.3. The first kappa shape index (κ1) is 24.6. The van der Waals surface area contributed by atoms with Gasteiger partial charge in [0, 0.05) is 45.0 Å². The summed E-state index contributed by atoms with van der Waals surface area (Å²) in [5, 5.41) is 5.33. The van der Waals surface area contributed by atoms with Crippen molar-refractivity contribution in [1.82, 2.24) is 15.5 Å². The molecule has 0 radical (unpaired) electrons. The lowest BCUT2D eigenvalue weighted by atomic mass is 10.0. The smallest absolute Gasteiger partial charge is 0.257 e. The van der Waals surface area contributed by atoms with Gasteiger partial charge in [-0.05, 0) is 42.7 Å². The maximum absolute atomic E-state index is 13.9. The molecule has 178 valence electrons. The van der Waals surface area contributed by atoms with Gasteiger partial charge in [0.25, 0.3) is 5.91 Å². The van der Waals surface area contributed by atoms with Gasteiger partial charge >= 0.3 is 0 Å². The monoisotopic (exact) mass is 458 g/mol. The van der Waals surface area contributed by atoms with Crippen molar-refractivity contribution >= 4 is 17.5 Å². The Labute approximate surface area is 194 Å². The number of benzene rings is 2. The summed E-state index contributed by atoms with van der Waals surface area (Å²) in [6.07, 6.45) is 0. The average Bonchev–Trinajstić information content (AvgIpc) is 2.77. The Morgan fingerprint density at radius 2 is 1.64 bits per heavy atom. The SMILES string of the molecule is Cc1cccc(N2CCN(CCNC(=O)C(NC(=O)c3c(F)cccc3F)C(C)C)CC2)c1. The fraction of sp³-hybridized carbons (Fsp3) is 0.440. The van der Waals surface area contributed by atoms with Crippen molar-refractivity contribution in [2.45, 2.75) is 26.8 Å². The van der Waals surface area contributed by atoms with Gasteiger partial charge in [-0.25, -0.2) is 8.78 Å². The lowest BCUT2D eigenvalue weighted by Gasteiger charge is -2.36. The van der Waals surface area contributed by atoms with Gasteiger partial charge in [-0.2, -0.15) is 0 Å². The van der Waals surface area contributed by atoms with E-state index in [0.29, 0.717) is 13.1 Å². The van der Waals surface area contributed by atoms with E-state index in [2.05, 4.69) is 51.6 Å². The van der Waals surface area contributed by atoms with Crippen LogP contribution in [0.2, 0.25) is 0 Å². The molecule has 1 heterocycles. The molecule has 2 amide bonds. The van der Waals surface area contributed by atoms with Crippen LogP contribution in [0, 0.1) is 24.5 Å². The van der Waals surface area contributed by atoms with E-state index >= 15 is 0 Å². The normalized spacial score (nSPS) is 15.4. The highest BCUT2D eigenvalue weighted by atomic mass is 19.1. The molecule has 1 atom stereocenters. The van der Waals surface area contributed by atoms with Crippen molar-refractivity contribution in [3.63, 3.8) is 0 Å². The molecule has 0 aromatic heterocycles. The zero-order valence-corrected chi connectivity index (χ0v) is 19.4. The first-order valence-corrected chi connectivity index (χ1v) is 11.3. The van der Waals surface area contributed by atoms with Crippen LogP contribution in [0.4, 0.5) is 14.5 Å². The number of piperazine rings is 1. The molecule has 3 rings (SSSR count). The molecule has 2 aromatic rings. The van der Waals surface area contributed by atoms with E-state index in [4.69, 9.17) is 0 Å². The number of rotatable bonds is 8. The van der Waals surface area contributed by atoms with E-state index in [1.807, 2.05) is 0 Å². The van der Waals surface area contributed by atoms with Crippen molar-refractivity contribution in [3.8, 4) is 0 Å². The van der Waals surface area contributed by atoms with E-state index in [-0.39, 0.29) is 11.8 Å². The lowest BCUT2D eigenvalue weighted by molar-refractivity contribution is -0.124. The lowest BCUT2D eigenvalue weighted by Crippen LogP contribution is -2.52. The van der Waals surface area contributed by atoms with E-state index in [1.165, 1.54) is 17.3 Å². The second-order valence-electron chi connectivity index (χ2n) is 8.75. The topological polar surface area (TPSA) is 64.7 Å². The summed E-state index contributed by atoms with van der Waals surface area (Å²) < 4.78 is 27.8. The Morgan fingerprint density at radius 3 is 2.24 bits per heavy atom. The van der Waals surface area contributed by atoms with Crippen LogP contribution in [0.25, 0.3) is 0 Å². The predicted molar refractivity (Wildman–Crippen MR) is 125 cm³/mol. The van der Waals surface area contributed by atoms with Crippen molar-refractivity contribution < 1.29 is 18.4 Å². The largest absolute Gasteiger partial charge is 0.369 e. The fourth-order valence-electron chi connectivity index (χ4n) is 3.96. The van der Waals surface area contributed by atoms with Gasteiger partial charge < -0.3 is 15.5 Å². The Balaban J connectivity index is 1.47.